The molecule has 12 heteroatoms. The average Bonchev–Trinajstić information content (AvgIpc) is 1.58. The van der Waals surface area contributed by atoms with Gasteiger partial charge in [-0.25, -0.2) is 0 Å². The predicted octanol–water partition coefficient (Wildman–Crippen LogP) is 33.8. The van der Waals surface area contributed by atoms with E-state index in [0.717, 1.165) is 199 Å². The first-order chi connectivity index (χ1) is 73.1. The van der Waals surface area contributed by atoms with Gasteiger partial charge in [-0.1, -0.05) is 243 Å². The molecule has 6 aromatic heterocycles. The smallest absolute Gasteiger partial charge is 0.193 e. The zero-order valence-electron chi connectivity index (χ0n) is 79.9. The van der Waals surface area contributed by atoms with Crippen LogP contribution in [0.5, 0.6) is 0 Å². The number of para-hydroxylation sites is 10. The van der Waals surface area contributed by atoms with E-state index in [2.05, 4.69) is 389 Å². The molecule has 694 valence electrons. The van der Waals surface area contributed by atoms with E-state index in [1.165, 1.54) is 10.8 Å². The Kier molecular flexibility index (Phi) is 20.3. The highest BCUT2D eigenvalue weighted by atomic mass is 16.1. The van der Waals surface area contributed by atoms with E-state index >= 15 is 9.59 Å². The summed E-state index contributed by atoms with van der Waals surface area (Å²) in [5.41, 5.74) is 29.8. The summed E-state index contributed by atoms with van der Waals surface area (Å²) in [6, 6.07) is 179. The van der Waals surface area contributed by atoms with Crippen molar-refractivity contribution in [2.24, 2.45) is 0 Å². The van der Waals surface area contributed by atoms with E-state index in [0.29, 0.717) is 44.5 Å². The molecule has 0 radical (unpaired) electrons. The monoisotopic (exact) mass is 1890 g/mol. The lowest BCUT2D eigenvalue weighted by Gasteiger charge is -2.25. The van der Waals surface area contributed by atoms with Gasteiger partial charge < -0.3 is 37.2 Å². The number of carbonyl (C=O) groups excluding carboxylic acids is 4. The van der Waals surface area contributed by atoms with Gasteiger partial charge in [0.25, 0.3) is 0 Å². The summed E-state index contributed by atoms with van der Waals surface area (Å²) in [5, 5.41) is 13.4. The lowest BCUT2D eigenvalue weighted by Crippen LogP contribution is -2.11. The first-order valence-corrected chi connectivity index (χ1v) is 49.9. The Labute approximate surface area is 850 Å². The van der Waals surface area contributed by atoms with Gasteiger partial charge in [0.1, 0.15) is 0 Å². The number of anilines is 6. The van der Waals surface area contributed by atoms with Gasteiger partial charge >= 0.3 is 0 Å². The molecule has 0 bridgehead atoms. The highest BCUT2D eigenvalue weighted by molar-refractivity contribution is 6.23. The number of rotatable bonds is 21. The number of hydrogen-bond acceptors (Lipinski definition) is 6. The first kappa shape index (κ1) is 85.9. The second-order valence-corrected chi connectivity index (χ2v) is 38.0. The van der Waals surface area contributed by atoms with Crippen LogP contribution in [0.25, 0.3) is 176 Å². The number of hydrogen-bond donors (Lipinski definition) is 0. The second-order valence-electron chi connectivity index (χ2n) is 38.0. The lowest BCUT2D eigenvalue weighted by molar-refractivity contribution is 0.100. The van der Waals surface area contributed by atoms with Crippen LogP contribution < -0.4 is 9.80 Å². The van der Waals surface area contributed by atoms with Crippen LogP contribution in [0, 0.1) is 0 Å². The van der Waals surface area contributed by atoms with Crippen LogP contribution in [0.4, 0.5) is 34.1 Å². The number of carbonyl (C=O) groups is 4. The Hall–Kier alpha value is -20.1. The largest absolute Gasteiger partial charge is 0.310 e. The van der Waals surface area contributed by atoms with Crippen molar-refractivity contribution in [1.29, 1.82) is 0 Å². The van der Waals surface area contributed by atoms with Gasteiger partial charge in [-0.05, 0) is 290 Å². The molecule has 22 aromatic carbocycles. The Morgan fingerprint density at radius 3 is 0.588 bits per heavy atom. The van der Waals surface area contributed by atoms with Crippen molar-refractivity contribution in [1.82, 2.24) is 27.4 Å². The normalized spacial score (nSPS) is 11.8. The average molecular weight is 1900 g/mol. The third-order valence-corrected chi connectivity index (χ3v) is 29.8. The lowest BCUT2D eigenvalue weighted by atomic mass is 9.93. The van der Waals surface area contributed by atoms with E-state index < -0.39 is 0 Å². The van der Waals surface area contributed by atoms with Crippen molar-refractivity contribution < 1.29 is 19.2 Å². The van der Waals surface area contributed by atoms with E-state index in [1.54, 1.807) is 24.3 Å². The Morgan fingerprint density at radius 2 is 0.318 bits per heavy atom. The molecule has 0 unspecified atom stereocenters. The maximum absolute atomic E-state index is 15.2. The fraction of sp³-hybridized carbons (Fsp3) is 0. The fourth-order valence-electron chi connectivity index (χ4n) is 23.0. The van der Waals surface area contributed by atoms with Crippen LogP contribution in [0.15, 0.2) is 522 Å². The SMILES string of the molecule is O=C(c1ccc(-n2c3ccccc3c3cc(N(c4ccccc4)c4ccccc4)ccc32)cc1)c1ccccc1C(=O)c1ccc(-n2c3ccc(-c4ccc5c(c4)c4ccccc4n5-c4ccc5c(c4)c4ccccc4n5-c4ccc(C(=O)c5ccccc5C(=O)c5ccc(-n6c7ccccc7c7cc(-n8c9ccccc9c9ccccc98)ccc76)cc5)cc4)cc3c3cc(N(c4ccccc4)c4ccccc4)ccc32)cc1. The molecule has 0 aliphatic carbocycles. The third-order valence-electron chi connectivity index (χ3n) is 29.8. The van der Waals surface area contributed by atoms with Crippen LogP contribution >= 0.6 is 0 Å². The van der Waals surface area contributed by atoms with Crippen LogP contribution in [0.2, 0.25) is 0 Å². The minimum atomic E-state index is -0.255. The standard InChI is InChI=1S/C136H86N8O4/c145-133(87-53-63-97(64-54-87)139-123-49-25-20-40-108(123)117-83-101(71-77-129(117)139)137(93-29-5-1-6-30-93)94-31-7-2-8-32-94)113-45-15-16-46-114(113)136(148)90-59-69-100(70-60-90)142-128-76-62-92(82-116(128)120-84-102(72-78-132(120)142)138(95-33-9-3-10-34-95)96-35-11-4-12-36-96)91-61-75-127-115(81-91)107-39-19-28-52-126(107)144(127)104-74-80-131-119(86-104)110-42-22-27-51-125(110)141(131)99-67-57-89(58-68-99)135(147)112-44-14-13-43-111(112)134(146)88-55-65-98(66-56-88)140-124-50-26-21-41-109(124)118-85-103(73-79-130(118)140)143-121-47-23-17-37-105(121)106-38-18-24-48-122(106)143/h1-86H. The Balaban J connectivity index is 0.469. The molecule has 0 aliphatic rings. The van der Waals surface area contributed by atoms with E-state index in [-0.39, 0.29) is 23.1 Å². The fourth-order valence-corrected chi connectivity index (χ4v) is 23.0. The summed E-state index contributed by atoms with van der Waals surface area (Å²) >= 11 is 0. The van der Waals surface area contributed by atoms with E-state index in [1.807, 2.05) is 146 Å². The molecule has 148 heavy (non-hydrogen) atoms. The summed E-state index contributed by atoms with van der Waals surface area (Å²) in [4.78, 5) is 64.6. The molecule has 28 rings (SSSR count). The molecular formula is C136H86N8O4. The maximum Gasteiger partial charge on any atom is 0.193 e. The van der Waals surface area contributed by atoms with Crippen molar-refractivity contribution in [3.8, 4) is 45.3 Å². The predicted molar refractivity (Wildman–Crippen MR) is 607 cm³/mol. The highest BCUT2D eigenvalue weighted by Gasteiger charge is 2.29. The van der Waals surface area contributed by atoms with Gasteiger partial charge in [0.05, 0.1) is 66.2 Å². The van der Waals surface area contributed by atoms with Gasteiger partial charge in [-0.3, -0.25) is 19.2 Å². The third kappa shape index (κ3) is 14.1. The number of benzene rings is 22. The Morgan fingerprint density at radius 1 is 0.135 bits per heavy atom. The molecule has 0 N–H and O–H groups in total. The summed E-state index contributed by atoms with van der Waals surface area (Å²) < 4.78 is 13.8. The van der Waals surface area contributed by atoms with Gasteiger partial charge in [0.2, 0.25) is 0 Å². The number of ketones is 4. The number of aromatic nitrogens is 6. The van der Waals surface area contributed by atoms with Crippen molar-refractivity contribution in [3.05, 3.63) is 566 Å². The molecular weight excluding hydrogens is 1810 g/mol. The summed E-state index contributed by atoms with van der Waals surface area (Å²) in [7, 11) is 0. The minimum absolute atomic E-state index is 0.236. The number of nitrogens with zero attached hydrogens (tertiary/aromatic N) is 8. The molecule has 0 fully saturated rings. The zero-order chi connectivity index (χ0) is 98.3. The topological polar surface area (TPSA) is 104 Å². The molecule has 0 amide bonds. The van der Waals surface area contributed by atoms with Crippen molar-refractivity contribution in [2.45, 2.75) is 0 Å². The minimum Gasteiger partial charge on any atom is -0.310 e. The Bertz CT molecular complexity index is 10200. The van der Waals surface area contributed by atoms with Gasteiger partial charge in [0.15, 0.2) is 23.1 Å². The van der Waals surface area contributed by atoms with Crippen molar-refractivity contribution >= 4 is 188 Å². The zero-order valence-corrected chi connectivity index (χ0v) is 79.9. The van der Waals surface area contributed by atoms with Crippen LogP contribution in [-0.4, -0.2) is 50.5 Å². The van der Waals surface area contributed by atoms with Crippen LogP contribution in [0.3, 0.4) is 0 Å². The molecule has 0 atom stereocenters. The number of fused-ring (bicyclic) bond motifs is 18. The molecule has 0 spiro atoms. The van der Waals surface area contributed by atoms with Crippen molar-refractivity contribution in [2.75, 3.05) is 9.80 Å². The first-order valence-electron chi connectivity index (χ1n) is 49.9. The summed E-state index contributed by atoms with van der Waals surface area (Å²) in [5.74, 6) is -0.981. The maximum atomic E-state index is 15.2. The summed E-state index contributed by atoms with van der Waals surface area (Å²) in [6.45, 7) is 0. The molecule has 0 saturated heterocycles. The van der Waals surface area contributed by atoms with E-state index in [9.17, 15) is 9.59 Å². The molecule has 6 heterocycles. The molecule has 12 nitrogen and oxygen atoms in total. The van der Waals surface area contributed by atoms with Crippen molar-refractivity contribution in [3.63, 3.8) is 0 Å². The quantitative estimate of drug-likeness (QED) is 0.0664. The van der Waals surface area contributed by atoms with E-state index in [4.69, 9.17) is 0 Å². The second kappa shape index (κ2) is 35.0. The molecule has 28 aromatic rings. The molecule has 0 saturated carbocycles. The van der Waals surface area contributed by atoms with Gasteiger partial charge in [0, 0.05) is 177 Å². The van der Waals surface area contributed by atoms with Crippen LogP contribution in [-0.2, 0) is 0 Å². The summed E-state index contributed by atoms with van der Waals surface area (Å²) in [6.07, 6.45) is 0. The van der Waals surface area contributed by atoms with Gasteiger partial charge in [-0.2, -0.15) is 0 Å². The van der Waals surface area contributed by atoms with Gasteiger partial charge in [-0.15, -0.1) is 0 Å². The highest BCUT2D eigenvalue weighted by Crippen LogP contribution is 2.48. The molecule has 0 aliphatic heterocycles. The van der Waals surface area contributed by atoms with Crippen LogP contribution in [0.1, 0.15) is 63.7 Å².